The molecule has 0 fully saturated rings. The van der Waals surface area contributed by atoms with Crippen molar-refractivity contribution < 1.29 is 9.47 Å². The van der Waals surface area contributed by atoms with Gasteiger partial charge >= 0.3 is 0 Å². The minimum Gasteiger partial charge on any atom is -0.497 e. The average molecular weight is 390 g/mol. The Hall–Kier alpha value is -0.900. The number of hydrogen-bond donors (Lipinski definition) is 0. The molecule has 0 atom stereocenters. The fourth-order valence-electron chi connectivity index (χ4n) is 1.94. The summed E-state index contributed by atoms with van der Waals surface area (Å²) in [6, 6.07) is 11.5. The molecule has 0 spiro atoms. The summed E-state index contributed by atoms with van der Waals surface area (Å²) >= 11 is 15.6. The normalized spacial score (nSPS) is 10.5. The zero-order valence-corrected chi connectivity index (χ0v) is 14.6. The van der Waals surface area contributed by atoms with Gasteiger partial charge in [0.1, 0.15) is 11.5 Å². The van der Waals surface area contributed by atoms with E-state index in [-0.39, 0.29) is 0 Å². The maximum atomic E-state index is 6.19. The molecule has 112 valence electrons. The lowest BCUT2D eigenvalue weighted by molar-refractivity contribution is 0.320. The van der Waals surface area contributed by atoms with Crippen LogP contribution in [-0.2, 0) is 11.8 Å². The Morgan fingerprint density at radius 2 is 1.81 bits per heavy atom. The van der Waals surface area contributed by atoms with Gasteiger partial charge < -0.3 is 9.47 Å². The first kappa shape index (κ1) is 16.5. The van der Waals surface area contributed by atoms with Crippen LogP contribution in [0.4, 0.5) is 0 Å². The molecule has 0 saturated carbocycles. The lowest BCUT2D eigenvalue weighted by Crippen LogP contribution is -2.03. The smallest absolute Gasteiger partial charge is 0.142 e. The number of alkyl halides is 1. The molecular formula is C16H15BrCl2O2. The summed E-state index contributed by atoms with van der Waals surface area (Å²) in [4.78, 5) is 0. The van der Waals surface area contributed by atoms with E-state index in [2.05, 4.69) is 15.9 Å². The molecule has 2 rings (SSSR count). The fraction of sp³-hybridized carbons (Fsp3) is 0.250. The molecule has 0 N–H and O–H groups in total. The van der Waals surface area contributed by atoms with Crippen molar-refractivity contribution in [1.29, 1.82) is 0 Å². The minimum atomic E-state index is 0.534. The molecule has 0 aliphatic carbocycles. The van der Waals surface area contributed by atoms with Crippen LogP contribution in [0.3, 0.4) is 0 Å². The Labute approximate surface area is 143 Å². The Balaban J connectivity index is 1.99. The molecule has 0 bridgehead atoms. The van der Waals surface area contributed by atoms with Gasteiger partial charge in [0.15, 0.2) is 0 Å². The highest BCUT2D eigenvalue weighted by molar-refractivity contribution is 9.08. The third kappa shape index (κ3) is 4.53. The highest BCUT2D eigenvalue weighted by Gasteiger charge is 2.10. The van der Waals surface area contributed by atoms with Gasteiger partial charge in [-0.05, 0) is 29.8 Å². The van der Waals surface area contributed by atoms with Crippen molar-refractivity contribution in [3.05, 3.63) is 57.6 Å². The van der Waals surface area contributed by atoms with E-state index >= 15 is 0 Å². The molecule has 0 radical (unpaired) electrons. The fourth-order valence-corrected chi connectivity index (χ4v) is 2.94. The molecule has 0 amide bonds. The van der Waals surface area contributed by atoms with Crippen LogP contribution < -0.4 is 9.47 Å². The second-order valence-corrected chi connectivity index (χ2v) is 5.86. The minimum absolute atomic E-state index is 0.534. The number of hydrogen-bond acceptors (Lipinski definition) is 2. The van der Waals surface area contributed by atoms with E-state index in [4.69, 9.17) is 32.7 Å². The van der Waals surface area contributed by atoms with E-state index in [1.165, 1.54) is 5.56 Å². The van der Waals surface area contributed by atoms with E-state index in [9.17, 15) is 0 Å². The summed E-state index contributed by atoms with van der Waals surface area (Å²) in [5.74, 6) is 1.54. The molecule has 0 aliphatic heterocycles. The van der Waals surface area contributed by atoms with Crippen molar-refractivity contribution in [1.82, 2.24) is 0 Å². The van der Waals surface area contributed by atoms with Crippen LogP contribution in [0.15, 0.2) is 36.4 Å². The quantitative estimate of drug-likeness (QED) is 0.605. The third-order valence-corrected chi connectivity index (χ3v) is 4.13. The highest BCUT2D eigenvalue weighted by atomic mass is 79.9. The number of rotatable bonds is 6. The summed E-state index contributed by atoms with van der Waals surface area (Å²) in [7, 11) is 1.66. The van der Waals surface area contributed by atoms with Crippen LogP contribution in [0.1, 0.15) is 11.1 Å². The summed E-state index contributed by atoms with van der Waals surface area (Å²) in [5, 5.41) is 1.79. The molecule has 0 heterocycles. The van der Waals surface area contributed by atoms with Gasteiger partial charge in [0.25, 0.3) is 0 Å². The molecular weight excluding hydrogens is 375 g/mol. The first-order valence-electron chi connectivity index (χ1n) is 6.43. The van der Waals surface area contributed by atoms with Gasteiger partial charge in [0.2, 0.25) is 0 Å². The summed E-state index contributed by atoms with van der Waals surface area (Å²) in [6.45, 7) is 0.549. The van der Waals surface area contributed by atoms with Crippen molar-refractivity contribution in [2.24, 2.45) is 0 Å². The highest BCUT2D eigenvalue weighted by Crippen LogP contribution is 2.33. The van der Waals surface area contributed by atoms with E-state index in [1.54, 1.807) is 13.2 Å². The Morgan fingerprint density at radius 1 is 1.10 bits per heavy atom. The lowest BCUT2D eigenvalue weighted by Gasteiger charge is -2.12. The van der Waals surface area contributed by atoms with E-state index < -0.39 is 0 Å². The predicted octanol–water partition coefficient (Wildman–Crippen LogP) is 5.52. The first-order valence-corrected chi connectivity index (χ1v) is 8.31. The van der Waals surface area contributed by atoms with Crippen molar-refractivity contribution >= 4 is 39.1 Å². The number of ether oxygens (including phenoxy) is 2. The van der Waals surface area contributed by atoms with Gasteiger partial charge in [-0.2, -0.15) is 0 Å². The van der Waals surface area contributed by atoms with Gasteiger partial charge in [0, 0.05) is 22.3 Å². The van der Waals surface area contributed by atoms with Gasteiger partial charge in [-0.25, -0.2) is 0 Å². The Kier molecular flexibility index (Phi) is 6.22. The van der Waals surface area contributed by atoms with Gasteiger partial charge in [-0.1, -0.05) is 51.3 Å². The molecule has 5 heteroatoms. The SMILES string of the molecule is COc1ccc(CCOc2c(Cl)cc(Cl)cc2CBr)cc1. The monoisotopic (exact) mass is 388 g/mol. The molecule has 2 nitrogen and oxygen atoms in total. The van der Waals surface area contributed by atoms with Crippen LogP contribution in [-0.4, -0.2) is 13.7 Å². The molecule has 2 aromatic carbocycles. The molecule has 21 heavy (non-hydrogen) atoms. The Morgan fingerprint density at radius 3 is 2.43 bits per heavy atom. The number of methoxy groups -OCH3 is 1. The summed E-state index contributed by atoms with van der Waals surface area (Å²) < 4.78 is 11.0. The Bertz CT molecular complexity index is 600. The van der Waals surface area contributed by atoms with Crippen LogP contribution in [0.2, 0.25) is 10.0 Å². The van der Waals surface area contributed by atoms with Crippen molar-refractivity contribution in [2.45, 2.75) is 11.8 Å². The molecule has 0 aliphatic rings. The second-order valence-electron chi connectivity index (χ2n) is 4.46. The van der Waals surface area contributed by atoms with Crippen molar-refractivity contribution in [2.75, 3.05) is 13.7 Å². The van der Waals surface area contributed by atoms with Crippen molar-refractivity contribution in [3.63, 3.8) is 0 Å². The van der Waals surface area contributed by atoms with Crippen LogP contribution in [0, 0.1) is 0 Å². The van der Waals surface area contributed by atoms with E-state index in [1.807, 2.05) is 30.3 Å². The zero-order chi connectivity index (χ0) is 15.2. The van der Waals surface area contributed by atoms with E-state index in [0.717, 1.165) is 17.7 Å². The number of benzene rings is 2. The third-order valence-electron chi connectivity index (χ3n) is 3.03. The molecule has 0 saturated heterocycles. The van der Waals surface area contributed by atoms with Gasteiger partial charge in [-0.3, -0.25) is 0 Å². The largest absolute Gasteiger partial charge is 0.497 e. The van der Waals surface area contributed by atoms with Crippen LogP contribution in [0.25, 0.3) is 0 Å². The topological polar surface area (TPSA) is 18.5 Å². The maximum absolute atomic E-state index is 6.19. The predicted molar refractivity (Wildman–Crippen MR) is 91.3 cm³/mol. The molecule has 2 aromatic rings. The molecule has 0 unspecified atom stereocenters. The van der Waals surface area contributed by atoms with E-state index in [0.29, 0.717) is 27.7 Å². The number of halogens is 3. The second kappa shape index (κ2) is 7.92. The molecule has 0 aromatic heterocycles. The van der Waals surface area contributed by atoms with Crippen molar-refractivity contribution in [3.8, 4) is 11.5 Å². The standard InChI is InChI=1S/C16H15BrCl2O2/c1-20-14-4-2-11(3-5-14)6-7-21-16-12(10-17)8-13(18)9-15(16)19/h2-5,8-9H,6-7,10H2,1H3. The summed E-state index contributed by atoms with van der Waals surface area (Å²) in [6.07, 6.45) is 0.796. The van der Waals surface area contributed by atoms with Crippen LogP contribution in [0.5, 0.6) is 11.5 Å². The average Bonchev–Trinajstić information content (AvgIpc) is 2.49. The van der Waals surface area contributed by atoms with Crippen LogP contribution >= 0.6 is 39.1 Å². The lowest BCUT2D eigenvalue weighted by atomic mass is 10.1. The zero-order valence-electron chi connectivity index (χ0n) is 11.5. The van der Waals surface area contributed by atoms with Gasteiger partial charge in [0.05, 0.1) is 18.7 Å². The first-order chi connectivity index (χ1) is 10.1. The maximum Gasteiger partial charge on any atom is 0.142 e. The summed E-state index contributed by atoms with van der Waals surface area (Å²) in [5.41, 5.74) is 2.13. The van der Waals surface area contributed by atoms with Gasteiger partial charge in [-0.15, -0.1) is 0 Å².